The molecule has 0 aliphatic carbocycles. The Labute approximate surface area is 130 Å². The molecule has 0 aliphatic rings. The molecule has 0 spiro atoms. The average Bonchev–Trinajstić information content (AvgIpc) is 2.84. The lowest BCUT2D eigenvalue weighted by Crippen LogP contribution is -2.35. The van der Waals surface area contributed by atoms with Gasteiger partial charge in [0, 0.05) is 24.2 Å². The highest BCUT2D eigenvalue weighted by Gasteiger charge is 2.14. The minimum atomic E-state index is 0.0152. The summed E-state index contributed by atoms with van der Waals surface area (Å²) in [6, 6.07) is 8.23. The largest absolute Gasteiger partial charge is 0.407 e. The van der Waals surface area contributed by atoms with Gasteiger partial charge in [-0.15, -0.1) is 5.10 Å². The van der Waals surface area contributed by atoms with Gasteiger partial charge in [0.15, 0.2) is 0 Å². The number of rotatable bonds is 5. The highest BCUT2D eigenvalue weighted by molar-refractivity contribution is 6.30. The third kappa shape index (κ3) is 5.02. The number of halogens is 1. The van der Waals surface area contributed by atoms with E-state index in [9.17, 15) is 0 Å². The molecule has 0 aliphatic heterocycles. The maximum absolute atomic E-state index is 5.98. The van der Waals surface area contributed by atoms with Gasteiger partial charge in [0.2, 0.25) is 5.89 Å². The fourth-order valence-electron chi connectivity index (χ4n) is 1.79. The molecular weight excluding hydrogens is 288 g/mol. The van der Waals surface area contributed by atoms with Crippen LogP contribution < -0.4 is 10.2 Å². The van der Waals surface area contributed by atoms with E-state index in [4.69, 9.17) is 16.0 Å². The topological polar surface area (TPSA) is 54.2 Å². The molecule has 0 amide bonds. The second-order valence-electron chi connectivity index (χ2n) is 6.07. The summed E-state index contributed by atoms with van der Waals surface area (Å²) in [5.74, 6) is 0.581. The molecule has 1 heterocycles. The van der Waals surface area contributed by atoms with Gasteiger partial charge < -0.3 is 14.6 Å². The molecule has 0 unspecified atom stereocenters. The lowest BCUT2D eigenvalue weighted by molar-refractivity contribution is 0.381. The van der Waals surface area contributed by atoms with E-state index < -0.39 is 0 Å². The summed E-state index contributed by atoms with van der Waals surface area (Å²) >= 11 is 5.98. The van der Waals surface area contributed by atoms with Crippen molar-refractivity contribution in [3.63, 3.8) is 0 Å². The van der Waals surface area contributed by atoms with Crippen LogP contribution in [0.4, 0.5) is 6.01 Å². The molecule has 21 heavy (non-hydrogen) atoms. The predicted octanol–water partition coefficient (Wildman–Crippen LogP) is 3.25. The van der Waals surface area contributed by atoms with Crippen LogP contribution in [0.15, 0.2) is 28.7 Å². The van der Waals surface area contributed by atoms with Crippen LogP contribution in [0.3, 0.4) is 0 Å². The van der Waals surface area contributed by atoms with Gasteiger partial charge in [-0.1, -0.05) is 28.8 Å². The SMILES string of the molecule is CN(Cc1cccc(Cl)c1)c1nnc(CNC(C)(C)C)o1. The first kappa shape index (κ1) is 15.8. The number of aromatic nitrogens is 2. The number of hydrogen-bond donors (Lipinski definition) is 1. The summed E-state index contributed by atoms with van der Waals surface area (Å²) in [5, 5.41) is 12.2. The number of anilines is 1. The standard InChI is InChI=1S/C15H21ClN4O/c1-15(2,3)17-9-13-18-19-14(21-13)20(4)10-11-6-5-7-12(16)8-11/h5-8,17H,9-10H2,1-4H3. The van der Waals surface area contributed by atoms with Crippen molar-refractivity contribution in [1.29, 1.82) is 0 Å². The Kier molecular flexibility index (Phi) is 4.85. The molecule has 0 radical (unpaired) electrons. The van der Waals surface area contributed by atoms with Crippen LogP contribution in [0, 0.1) is 0 Å². The number of hydrogen-bond acceptors (Lipinski definition) is 5. The highest BCUT2D eigenvalue weighted by atomic mass is 35.5. The molecule has 114 valence electrons. The fourth-order valence-corrected chi connectivity index (χ4v) is 2.00. The minimum Gasteiger partial charge on any atom is -0.407 e. The van der Waals surface area contributed by atoms with E-state index in [1.165, 1.54) is 0 Å². The third-order valence-corrected chi connectivity index (χ3v) is 3.10. The molecule has 6 heteroatoms. The van der Waals surface area contributed by atoms with Crippen LogP contribution in [0.25, 0.3) is 0 Å². The monoisotopic (exact) mass is 308 g/mol. The first-order valence-corrected chi connectivity index (χ1v) is 7.24. The molecule has 1 aromatic carbocycles. The van der Waals surface area contributed by atoms with Gasteiger partial charge in [0.05, 0.1) is 6.54 Å². The summed E-state index contributed by atoms with van der Waals surface area (Å²) in [5.41, 5.74) is 1.11. The van der Waals surface area contributed by atoms with Crippen LogP contribution in [-0.4, -0.2) is 22.8 Å². The third-order valence-electron chi connectivity index (χ3n) is 2.86. The van der Waals surface area contributed by atoms with Crippen molar-refractivity contribution in [3.05, 3.63) is 40.7 Å². The zero-order chi connectivity index (χ0) is 15.5. The second-order valence-corrected chi connectivity index (χ2v) is 6.50. The summed E-state index contributed by atoms with van der Waals surface area (Å²) in [7, 11) is 1.91. The van der Waals surface area contributed by atoms with E-state index in [0.29, 0.717) is 25.0 Å². The van der Waals surface area contributed by atoms with Crippen molar-refractivity contribution in [3.8, 4) is 0 Å². The maximum Gasteiger partial charge on any atom is 0.318 e. The zero-order valence-corrected chi connectivity index (χ0v) is 13.6. The Balaban J connectivity index is 1.97. The lowest BCUT2D eigenvalue weighted by atomic mass is 10.1. The summed E-state index contributed by atoms with van der Waals surface area (Å²) in [6.45, 7) is 7.50. The van der Waals surface area contributed by atoms with Gasteiger partial charge in [0.25, 0.3) is 0 Å². The van der Waals surface area contributed by atoms with E-state index in [0.717, 1.165) is 10.6 Å². The van der Waals surface area contributed by atoms with Crippen molar-refractivity contribution < 1.29 is 4.42 Å². The van der Waals surface area contributed by atoms with Crippen LogP contribution in [0.5, 0.6) is 0 Å². The van der Waals surface area contributed by atoms with Crippen molar-refractivity contribution in [2.45, 2.75) is 39.4 Å². The quantitative estimate of drug-likeness (QED) is 0.919. The molecular formula is C15H21ClN4O. The van der Waals surface area contributed by atoms with Gasteiger partial charge in [-0.05, 0) is 38.5 Å². The molecule has 0 saturated heterocycles. The van der Waals surface area contributed by atoms with E-state index in [1.54, 1.807) is 0 Å². The Morgan fingerprint density at radius 1 is 1.29 bits per heavy atom. The number of nitrogens with one attached hydrogen (secondary N) is 1. The molecule has 1 N–H and O–H groups in total. The maximum atomic E-state index is 5.98. The predicted molar refractivity (Wildman–Crippen MR) is 84.4 cm³/mol. The first-order valence-electron chi connectivity index (χ1n) is 6.86. The van der Waals surface area contributed by atoms with Crippen molar-refractivity contribution >= 4 is 17.6 Å². The fraction of sp³-hybridized carbons (Fsp3) is 0.467. The highest BCUT2D eigenvalue weighted by Crippen LogP contribution is 2.16. The molecule has 2 rings (SSSR count). The molecule has 0 fully saturated rings. The average molecular weight is 309 g/mol. The van der Waals surface area contributed by atoms with Crippen LogP contribution in [0.2, 0.25) is 5.02 Å². The minimum absolute atomic E-state index is 0.0152. The second kappa shape index (κ2) is 6.45. The Bertz CT molecular complexity index is 591. The molecule has 1 aromatic heterocycles. The van der Waals surface area contributed by atoms with Gasteiger partial charge in [-0.3, -0.25) is 0 Å². The van der Waals surface area contributed by atoms with Crippen LogP contribution in [-0.2, 0) is 13.1 Å². The van der Waals surface area contributed by atoms with E-state index >= 15 is 0 Å². The normalized spacial score (nSPS) is 11.7. The summed E-state index contributed by atoms with van der Waals surface area (Å²) in [6.07, 6.45) is 0. The van der Waals surface area contributed by atoms with Crippen molar-refractivity contribution in [2.24, 2.45) is 0 Å². The number of benzene rings is 1. The molecule has 0 bridgehead atoms. The van der Waals surface area contributed by atoms with Gasteiger partial charge in [-0.25, -0.2) is 0 Å². The van der Waals surface area contributed by atoms with E-state index in [-0.39, 0.29) is 5.54 Å². The first-order chi connectivity index (χ1) is 9.83. The molecule has 2 aromatic rings. The van der Waals surface area contributed by atoms with Crippen molar-refractivity contribution in [2.75, 3.05) is 11.9 Å². The molecule has 0 atom stereocenters. The van der Waals surface area contributed by atoms with Gasteiger partial charge >= 0.3 is 6.01 Å². The summed E-state index contributed by atoms with van der Waals surface area (Å²) in [4.78, 5) is 1.90. The smallest absolute Gasteiger partial charge is 0.318 e. The van der Waals surface area contributed by atoms with Crippen LogP contribution >= 0.6 is 11.6 Å². The Hall–Kier alpha value is -1.59. The van der Waals surface area contributed by atoms with E-state index in [2.05, 4.69) is 36.3 Å². The zero-order valence-electron chi connectivity index (χ0n) is 12.9. The molecule has 5 nitrogen and oxygen atoms in total. The Morgan fingerprint density at radius 3 is 2.71 bits per heavy atom. The van der Waals surface area contributed by atoms with Gasteiger partial charge in [0.1, 0.15) is 0 Å². The Morgan fingerprint density at radius 2 is 2.05 bits per heavy atom. The molecule has 0 saturated carbocycles. The van der Waals surface area contributed by atoms with Crippen LogP contribution in [0.1, 0.15) is 32.2 Å². The lowest BCUT2D eigenvalue weighted by Gasteiger charge is -2.18. The number of nitrogens with zero attached hydrogens (tertiary/aromatic N) is 3. The van der Waals surface area contributed by atoms with Crippen molar-refractivity contribution in [1.82, 2.24) is 15.5 Å². The summed E-state index contributed by atoms with van der Waals surface area (Å²) < 4.78 is 5.65. The van der Waals surface area contributed by atoms with Gasteiger partial charge in [-0.2, -0.15) is 0 Å². The van der Waals surface area contributed by atoms with E-state index in [1.807, 2.05) is 36.2 Å².